The van der Waals surface area contributed by atoms with Gasteiger partial charge in [-0.2, -0.15) is 0 Å². The molecule has 0 aliphatic carbocycles. The van der Waals surface area contributed by atoms with Crippen molar-refractivity contribution in [1.29, 1.82) is 0 Å². The Kier molecular flexibility index (Phi) is 4.14. The molecule has 0 fully saturated rings. The lowest BCUT2D eigenvalue weighted by Gasteiger charge is -2.06. The number of allylic oxidation sites excluding steroid dienone is 2. The van der Waals surface area contributed by atoms with Gasteiger partial charge in [0.05, 0.1) is 0 Å². The molecule has 0 aliphatic rings. The summed E-state index contributed by atoms with van der Waals surface area (Å²) in [6.07, 6.45) is 5.71. The first-order valence-corrected chi connectivity index (χ1v) is 6.23. The number of benzene rings is 2. The smallest absolute Gasteiger partial charge is 0.00999 e. The van der Waals surface area contributed by atoms with Crippen LogP contribution >= 0.6 is 0 Å². The standard InChI is InChI=1S/C18H18/c1-3-7-15-9-5-11-17(13-15)18-12-6-10-16(14-18)8-4-2/h3-6,9-14H,1-2,7-8H2. The summed E-state index contributed by atoms with van der Waals surface area (Å²) in [4.78, 5) is 0. The molecule has 90 valence electrons. The zero-order valence-corrected chi connectivity index (χ0v) is 10.6. The lowest BCUT2D eigenvalue weighted by Crippen LogP contribution is -1.85. The fourth-order valence-electron chi connectivity index (χ4n) is 2.09. The molecule has 0 aromatic heterocycles. The van der Waals surface area contributed by atoms with Crippen LogP contribution in [0.1, 0.15) is 11.1 Å². The molecule has 0 unspecified atom stereocenters. The fourth-order valence-corrected chi connectivity index (χ4v) is 2.09. The Morgan fingerprint density at radius 1 is 0.722 bits per heavy atom. The lowest BCUT2D eigenvalue weighted by atomic mass is 9.99. The molecule has 0 spiro atoms. The van der Waals surface area contributed by atoms with E-state index in [2.05, 4.69) is 61.7 Å². The van der Waals surface area contributed by atoms with E-state index in [1.54, 1.807) is 0 Å². The normalized spacial score (nSPS) is 10.0. The van der Waals surface area contributed by atoms with Gasteiger partial charge in [0.15, 0.2) is 0 Å². The predicted octanol–water partition coefficient (Wildman–Crippen LogP) is 4.81. The van der Waals surface area contributed by atoms with Gasteiger partial charge in [-0.25, -0.2) is 0 Å². The minimum absolute atomic E-state index is 0.917. The number of rotatable bonds is 5. The highest BCUT2D eigenvalue weighted by Gasteiger charge is 1.99. The van der Waals surface area contributed by atoms with Crippen LogP contribution < -0.4 is 0 Å². The third-order valence-electron chi connectivity index (χ3n) is 2.95. The van der Waals surface area contributed by atoms with Gasteiger partial charge in [0.1, 0.15) is 0 Å². The summed E-state index contributed by atoms with van der Waals surface area (Å²) in [6.45, 7) is 7.57. The molecule has 2 aromatic carbocycles. The fraction of sp³-hybridized carbons (Fsp3) is 0.111. The summed E-state index contributed by atoms with van der Waals surface area (Å²) in [6, 6.07) is 17.3. The van der Waals surface area contributed by atoms with Crippen molar-refractivity contribution in [2.75, 3.05) is 0 Å². The molecule has 0 heterocycles. The van der Waals surface area contributed by atoms with Gasteiger partial charge in [0.2, 0.25) is 0 Å². The summed E-state index contributed by atoms with van der Waals surface area (Å²) in [7, 11) is 0. The van der Waals surface area contributed by atoms with Gasteiger partial charge in [0.25, 0.3) is 0 Å². The zero-order chi connectivity index (χ0) is 12.8. The summed E-state index contributed by atoms with van der Waals surface area (Å²) >= 11 is 0. The molecule has 0 N–H and O–H groups in total. The maximum absolute atomic E-state index is 3.79. The van der Waals surface area contributed by atoms with Crippen molar-refractivity contribution >= 4 is 0 Å². The highest BCUT2D eigenvalue weighted by molar-refractivity contribution is 5.65. The van der Waals surface area contributed by atoms with Gasteiger partial charge in [0, 0.05) is 0 Å². The first-order valence-electron chi connectivity index (χ1n) is 6.23. The van der Waals surface area contributed by atoms with Crippen LogP contribution in [0.15, 0.2) is 73.8 Å². The third kappa shape index (κ3) is 2.98. The Morgan fingerprint density at radius 2 is 1.17 bits per heavy atom. The SMILES string of the molecule is C=CCc1cccc(-c2cccc(CC=C)c2)c1. The molecule has 0 nitrogen and oxygen atoms in total. The van der Waals surface area contributed by atoms with Gasteiger partial charge in [-0.05, 0) is 35.1 Å². The summed E-state index contributed by atoms with van der Waals surface area (Å²) in [5.41, 5.74) is 5.13. The zero-order valence-electron chi connectivity index (χ0n) is 10.6. The Bertz CT molecular complexity index is 498. The van der Waals surface area contributed by atoms with Gasteiger partial charge in [-0.15, -0.1) is 13.2 Å². The average Bonchev–Trinajstić information content (AvgIpc) is 2.40. The Balaban J connectivity index is 2.35. The van der Waals surface area contributed by atoms with Crippen molar-refractivity contribution in [1.82, 2.24) is 0 Å². The van der Waals surface area contributed by atoms with Crippen LogP contribution in [0.5, 0.6) is 0 Å². The minimum atomic E-state index is 0.917. The van der Waals surface area contributed by atoms with Gasteiger partial charge < -0.3 is 0 Å². The van der Waals surface area contributed by atoms with Crippen LogP contribution in [0.4, 0.5) is 0 Å². The molecule has 18 heavy (non-hydrogen) atoms. The Morgan fingerprint density at radius 3 is 1.56 bits per heavy atom. The van der Waals surface area contributed by atoms with E-state index in [0.717, 1.165) is 12.8 Å². The molecular weight excluding hydrogens is 216 g/mol. The molecule has 2 aromatic rings. The van der Waals surface area contributed by atoms with E-state index in [9.17, 15) is 0 Å². The predicted molar refractivity (Wildman–Crippen MR) is 79.7 cm³/mol. The maximum atomic E-state index is 3.79. The summed E-state index contributed by atoms with van der Waals surface area (Å²) in [5, 5.41) is 0. The van der Waals surface area contributed by atoms with Crippen molar-refractivity contribution in [3.05, 3.63) is 85.0 Å². The Labute approximate surface area is 109 Å². The van der Waals surface area contributed by atoms with E-state index in [4.69, 9.17) is 0 Å². The van der Waals surface area contributed by atoms with Gasteiger partial charge in [-0.1, -0.05) is 60.7 Å². The third-order valence-corrected chi connectivity index (χ3v) is 2.95. The van der Waals surface area contributed by atoms with Gasteiger partial charge >= 0.3 is 0 Å². The first-order chi connectivity index (χ1) is 8.83. The van der Waals surface area contributed by atoms with Crippen LogP contribution in [-0.4, -0.2) is 0 Å². The van der Waals surface area contributed by atoms with E-state index in [0.29, 0.717) is 0 Å². The van der Waals surface area contributed by atoms with Crippen LogP contribution in [0, 0.1) is 0 Å². The molecule has 0 saturated carbocycles. The summed E-state index contributed by atoms with van der Waals surface area (Å²) in [5.74, 6) is 0. The van der Waals surface area contributed by atoms with E-state index < -0.39 is 0 Å². The second kappa shape index (κ2) is 6.02. The molecular formula is C18H18. The molecule has 0 amide bonds. The molecule has 0 heteroatoms. The molecule has 0 aliphatic heterocycles. The monoisotopic (exact) mass is 234 g/mol. The second-order valence-corrected chi connectivity index (χ2v) is 4.39. The van der Waals surface area contributed by atoms with E-state index in [-0.39, 0.29) is 0 Å². The number of hydrogen-bond acceptors (Lipinski definition) is 0. The number of hydrogen-bond donors (Lipinski definition) is 0. The largest absolute Gasteiger partial charge is 0.103 e. The minimum Gasteiger partial charge on any atom is -0.103 e. The van der Waals surface area contributed by atoms with Crippen LogP contribution in [0.25, 0.3) is 11.1 Å². The van der Waals surface area contributed by atoms with Crippen LogP contribution in [-0.2, 0) is 12.8 Å². The van der Waals surface area contributed by atoms with Crippen LogP contribution in [0.3, 0.4) is 0 Å². The van der Waals surface area contributed by atoms with Crippen LogP contribution in [0.2, 0.25) is 0 Å². The van der Waals surface area contributed by atoms with E-state index in [1.807, 2.05) is 12.2 Å². The van der Waals surface area contributed by atoms with Gasteiger partial charge in [-0.3, -0.25) is 0 Å². The molecule has 0 bridgehead atoms. The van der Waals surface area contributed by atoms with Crippen molar-refractivity contribution in [2.45, 2.75) is 12.8 Å². The lowest BCUT2D eigenvalue weighted by molar-refractivity contribution is 1.27. The molecule has 2 rings (SSSR count). The van der Waals surface area contributed by atoms with E-state index in [1.165, 1.54) is 22.3 Å². The summed E-state index contributed by atoms with van der Waals surface area (Å²) < 4.78 is 0. The Hall–Kier alpha value is -2.08. The van der Waals surface area contributed by atoms with Crippen molar-refractivity contribution in [2.24, 2.45) is 0 Å². The van der Waals surface area contributed by atoms with Crippen molar-refractivity contribution in [3.8, 4) is 11.1 Å². The highest BCUT2D eigenvalue weighted by Crippen LogP contribution is 2.22. The first kappa shape index (κ1) is 12.4. The molecule has 0 saturated heterocycles. The molecule has 0 atom stereocenters. The maximum Gasteiger partial charge on any atom is -0.00999 e. The molecule has 0 radical (unpaired) electrons. The topological polar surface area (TPSA) is 0 Å². The average molecular weight is 234 g/mol. The second-order valence-electron chi connectivity index (χ2n) is 4.39. The highest BCUT2D eigenvalue weighted by atomic mass is 14.0. The van der Waals surface area contributed by atoms with Crippen molar-refractivity contribution < 1.29 is 0 Å². The van der Waals surface area contributed by atoms with Crippen molar-refractivity contribution in [3.63, 3.8) is 0 Å². The quantitative estimate of drug-likeness (QED) is 0.651. The van der Waals surface area contributed by atoms with E-state index >= 15 is 0 Å².